The number of nitrogens with zero attached hydrogens (tertiary/aromatic N) is 1. The van der Waals surface area contributed by atoms with Crippen molar-refractivity contribution in [3.63, 3.8) is 0 Å². The Morgan fingerprint density at radius 3 is 3.05 bits per heavy atom. The zero-order valence-electron chi connectivity index (χ0n) is 12.5. The summed E-state index contributed by atoms with van der Waals surface area (Å²) < 4.78 is 5.54. The summed E-state index contributed by atoms with van der Waals surface area (Å²) in [5.74, 6) is 0.708. The fourth-order valence-corrected chi connectivity index (χ4v) is 3.06. The standard InChI is InChI=1S/C16H22N2O3/c1-9(2)7-21-8-15-17-13-5-10-3-4-14(19)11(10)6-12(13)16(20)18-15/h5-6,9,12-14,19H,3-4,7-8H2,1-2H3,(H,17,18,20)/t12?,13-,14+/m0/s1. The predicted molar refractivity (Wildman–Crippen MR) is 79.9 cm³/mol. The SMILES string of the molecule is CC(C)COCC1=N[C@H]2C=C3CC[C@@H](O)C3=CC2C(=O)N1. The molecule has 0 saturated heterocycles. The minimum atomic E-state index is -0.426. The number of hydrogen-bond donors (Lipinski definition) is 2. The number of ether oxygens (including phenoxy) is 1. The molecule has 1 aliphatic heterocycles. The van der Waals surface area contributed by atoms with E-state index in [0.29, 0.717) is 25.0 Å². The van der Waals surface area contributed by atoms with Gasteiger partial charge in [0.25, 0.3) is 0 Å². The molecular weight excluding hydrogens is 268 g/mol. The van der Waals surface area contributed by atoms with Crippen LogP contribution in [0.3, 0.4) is 0 Å². The van der Waals surface area contributed by atoms with Crippen LogP contribution >= 0.6 is 0 Å². The number of amides is 1. The van der Waals surface area contributed by atoms with Gasteiger partial charge in [0, 0.05) is 6.61 Å². The third-order valence-corrected chi connectivity index (χ3v) is 4.08. The highest BCUT2D eigenvalue weighted by atomic mass is 16.5. The van der Waals surface area contributed by atoms with Gasteiger partial charge >= 0.3 is 0 Å². The van der Waals surface area contributed by atoms with Crippen molar-refractivity contribution in [2.24, 2.45) is 16.8 Å². The average Bonchev–Trinajstić information content (AvgIpc) is 2.78. The maximum Gasteiger partial charge on any atom is 0.234 e. The number of amidine groups is 1. The summed E-state index contributed by atoms with van der Waals surface area (Å²) >= 11 is 0. The Labute approximate surface area is 124 Å². The van der Waals surface area contributed by atoms with Crippen molar-refractivity contribution in [3.05, 3.63) is 23.3 Å². The smallest absolute Gasteiger partial charge is 0.234 e. The predicted octanol–water partition coefficient (Wildman–Crippen LogP) is 1.19. The third-order valence-electron chi connectivity index (χ3n) is 4.08. The lowest BCUT2D eigenvalue weighted by Gasteiger charge is -2.29. The summed E-state index contributed by atoms with van der Waals surface area (Å²) in [6.07, 6.45) is 5.11. The Kier molecular flexibility index (Phi) is 3.95. The molecule has 1 unspecified atom stereocenters. The lowest BCUT2D eigenvalue weighted by molar-refractivity contribution is -0.123. The number of nitrogens with one attached hydrogen (secondary N) is 1. The second kappa shape index (κ2) is 5.73. The molecule has 2 aliphatic carbocycles. The number of rotatable bonds is 4. The minimum absolute atomic E-state index is 0.0555. The van der Waals surface area contributed by atoms with Gasteiger partial charge in [-0.15, -0.1) is 0 Å². The van der Waals surface area contributed by atoms with Gasteiger partial charge in [-0.2, -0.15) is 0 Å². The number of fused-ring (bicyclic) bond motifs is 2. The summed E-state index contributed by atoms with van der Waals surface area (Å²) in [5.41, 5.74) is 2.06. The van der Waals surface area contributed by atoms with E-state index >= 15 is 0 Å². The topological polar surface area (TPSA) is 70.9 Å². The van der Waals surface area contributed by atoms with Crippen LogP contribution in [0.25, 0.3) is 0 Å². The first kappa shape index (κ1) is 14.5. The van der Waals surface area contributed by atoms with Gasteiger partial charge in [0.1, 0.15) is 12.4 Å². The van der Waals surface area contributed by atoms with Crippen LogP contribution in [0.1, 0.15) is 26.7 Å². The Balaban J connectivity index is 1.74. The Hall–Kier alpha value is -1.46. The molecule has 21 heavy (non-hydrogen) atoms. The first-order valence-electron chi connectivity index (χ1n) is 7.60. The molecule has 0 bridgehead atoms. The molecule has 1 saturated carbocycles. The second-order valence-corrected chi connectivity index (χ2v) is 6.36. The van der Waals surface area contributed by atoms with E-state index in [0.717, 1.165) is 24.0 Å². The first-order valence-corrected chi connectivity index (χ1v) is 7.60. The van der Waals surface area contributed by atoms with E-state index in [1.807, 2.05) is 12.2 Å². The van der Waals surface area contributed by atoms with E-state index in [1.54, 1.807) is 0 Å². The van der Waals surface area contributed by atoms with E-state index < -0.39 is 6.10 Å². The zero-order chi connectivity index (χ0) is 15.0. The van der Waals surface area contributed by atoms with Gasteiger partial charge in [0.05, 0.1) is 18.1 Å². The number of carbonyl (C=O) groups is 1. The lowest BCUT2D eigenvalue weighted by atomic mass is 9.86. The van der Waals surface area contributed by atoms with Crippen LogP contribution in [-0.4, -0.2) is 42.2 Å². The van der Waals surface area contributed by atoms with E-state index in [2.05, 4.69) is 24.2 Å². The van der Waals surface area contributed by atoms with Gasteiger partial charge in [0.15, 0.2) is 0 Å². The van der Waals surface area contributed by atoms with Gasteiger partial charge in [0.2, 0.25) is 5.91 Å². The van der Waals surface area contributed by atoms with Crippen LogP contribution in [0.4, 0.5) is 0 Å². The van der Waals surface area contributed by atoms with Crippen molar-refractivity contribution in [3.8, 4) is 0 Å². The molecule has 0 radical (unpaired) electrons. The number of carbonyl (C=O) groups excluding carboxylic acids is 1. The van der Waals surface area contributed by atoms with Crippen LogP contribution in [0.2, 0.25) is 0 Å². The van der Waals surface area contributed by atoms with Crippen LogP contribution in [-0.2, 0) is 9.53 Å². The first-order chi connectivity index (χ1) is 10.0. The summed E-state index contributed by atoms with van der Waals surface area (Å²) in [4.78, 5) is 16.8. The molecule has 0 aromatic heterocycles. The summed E-state index contributed by atoms with van der Waals surface area (Å²) in [5, 5.41) is 12.7. The fraction of sp³-hybridized carbons (Fsp3) is 0.625. The van der Waals surface area contributed by atoms with E-state index in [4.69, 9.17) is 4.74 Å². The summed E-state index contributed by atoms with van der Waals surface area (Å²) in [6, 6.07) is -0.152. The Morgan fingerprint density at radius 1 is 1.48 bits per heavy atom. The van der Waals surface area contributed by atoms with E-state index in [1.165, 1.54) is 0 Å². The van der Waals surface area contributed by atoms with Gasteiger partial charge in [-0.25, -0.2) is 0 Å². The molecule has 3 aliphatic rings. The van der Waals surface area contributed by atoms with Gasteiger partial charge in [-0.1, -0.05) is 26.0 Å². The molecule has 1 fully saturated rings. The van der Waals surface area contributed by atoms with Crippen molar-refractivity contribution in [2.45, 2.75) is 38.8 Å². The highest BCUT2D eigenvalue weighted by Gasteiger charge is 2.37. The molecule has 0 aromatic carbocycles. The number of aliphatic hydroxyl groups is 1. The maximum absolute atomic E-state index is 12.2. The molecule has 5 nitrogen and oxygen atoms in total. The van der Waals surface area contributed by atoms with E-state index in [-0.39, 0.29) is 17.9 Å². The normalized spacial score (nSPS) is 31.1. The Bertz CT molecular complexity index is 534. The number of hydrogen-bond acceptors (Lipinski definition) is 4. The summed E-state index contributed by atoms with van der Waals surface area (Å²) in [6.45, 7) is 5.16. The summed E-state index contributed by atoms with van der Waals surface area (Å²) in [7, 11) is 0. The molecule has 114 valence electrons. The maximum atomic E-state index is 12.2. The number of aliphatic hydroxyl groups excluding tert-OH is 1. The van der Waals surface area contributed by atoms with Crippen LogP contribution in [0.5, 0.6) is 0 Å². The fourth-order valence-electron chi connectivity index (χ4n) is 3.06. The molecule has 1 amide bonds. The van der Waals surface area contributed by atoms with E-state index in [9.17, 15) is 9.90 Å². The monoisotopic (exact) mass is 290 g/mol. The number of aliphatic imine (C=N–C) groups is 1. The van der Waals surface area contributed by atoms with Crippen LogP contribution < -0.4 is 5.32 Å². The molecular formula is C16H22N2O3. The van der Waals surface area contributed by atoms with Gasteiger partial charge in [-0.3, -0.25) is 9.79 Å². The van der Waals surface area contributed by atoms with Crippen molar-refractivity contribution in [1.29, 1.82) is 0 Å². The van der Waals surface area contributed by atoms with Crippen LogP contribution in [0, 0.1) is 11.8 Å². The van der Waals surface area contributed by atoms with Gasteiger partial charge < -0.3 is 15.2 Å². The largest absolute Gasteiger partial charge is 0.388 e. The van der Waals surface area contributed by atoms with Crippen molar-refractivity contribution < 1.29 is 14.6 Å². The molecule has 1 heterocycles. The molecule has 2 N–H and O–H groups in total. The Morgan fingerprint density at radius 2 is 2.29 bits per heavy atom. The molecule has 0 aromatic rings. The van der Waals surface area contributed by atoms with Crippen molar-refractivity contribution in [1.82, 2.24) is 5.32 Å². The average molecular weight is 290 g/mol. The zero-order valence-corrected chi connectivity index (χ0v) is 12.5. The van der Waals surface area contributed by atoms with Crippen molar-refractivity contribution >= 4 is 11.7 Å². The third kappa shape index (κ3) is 2.94. The van der Waals surface area contributed by atoms with Crippen molar-refractivity contribution in [2.75, 3.05) is 13.2 Å². The molecule has 3 atom stereocenters. The minimum Gasteiger partial charge on any atom is -0.388 e. The van der Waals surface area contributed by atoms with Crippen LogP contribution in [0.15, 0.2) is 28.3 Å². The quantitative estimate of drug-likeness (QED) is 0.817. The highest BCUT2D eigenvalue weighted by molar-refractivity contribution is 6.03. The second-order valence-electron chi connectivity index (χ2n) is 6.36. The van der Waals surface area contributed by atoms with Gasteiger partial charge in [-0.05, 0) is 29.9 Å². The lowest BCUT2D eigenvalue weighted by Crippen LogP contribution is -2.47. The molecule has 0 spiro atoms. The highest BCUT2D eigenvalue weighted by Crippen LogP contribution is 2.37. The molecule has 3 rings (SSSR count). The molecule has 5 heteroatoms.